The van der Waals surface area contributed by atoms with Gasteiger partial charge in [-0.25, -0.2) is 14.1 Å². The second-order valence-electron chi connectivity index (χ2n) is 7.89. The van der Waals surface area contributed by atoms with Gasteiger partial charge in [-0.3, -0.25) is 0 Å². The highest BCUT2D eigenvalue weighted by Crippen LogP contribution is 2.38. The molecule has 0 bridgehead atoms. The third-order valence-electron chi connectivity index (χ3n) is 6.02. The van der Waals surface area contributed by atoms with Crippen LogP contribution < -0.4 is 15.0 Å². The molecule has 144 valence electrons. The molecule has 4 aromatic rings. The number of pyridine rings is 1. The number of aryl methyl sites for hydroxylation is 1. The standard InChI is InChI=1S/C23H24BN4O/c1-15-13-20-22(19-12-11-16(2)25-23(19)29-20)27(5)24(15)21-14-28(17(3)26(21)4)18-9-7-6-8-10-18/h6-14H,1-5H3/q+1. The summed E-state index contributed by atoms with van der Waals surface area (Å²) in [5, 5.41) is 1.06. The molecule has 0 saturated carbocycles. The number of hydrogen-bond acceptors (Lipinski definition) is 3. The van der Waals surface area contributed by atoms with Crippen molar-refractivity contribution in [3.8, 4) is 5.69 Å². The van der Waals surface area contributed by atoms with Gasteiger partial charge < -0.3 is 9.23 Å². The fraction of sp³-hybridized carbons (Fsp3) is 0.217. The summed E-state index contributed by atoms with van der Waals surface area (Å²) in [6.45, 7) is 6.44. The minimum absolute atomic E-state index is 0.123. The van der Waals surface area contributed by atoms with Gasteiger partial charge in [0.2, 0.25) is 5.71 Å². The van der Waals surface area contributed by atoms with Gasteiger partial charge in [-0.2, -0.15) is 0 Å². The average molecular weight is 383 g/mol. The Labute approximate surface area is 171 Å². The summed E-state index contributed by atoms with van der Waals surface area (Å²) in [6, 6.07) is 14.6. The van der Waals surface area contributed by atoms with Crippen LogP contribution in [0.3, 0.4) is 0 Å². The number of hydrogen-bond donors (Lipinski definition) is 0. The molecule has 1 aromatic carbocycles. The van der Waals surface area contributed by atoms with Crippen molar-refractivity contribution < 1.29 is 8.98 Å². The molecular weight excluding hydrogens is 359 g/mol. The number of benzene rings is 1. The summed E-state index contributed by atoms with van der Waals surface area (Å²) in [4.78, 5) is 6.90. The molecule has 0 aliphatic carbocycles. The number of aromatic nitrogens is 3. The predicted octanol–water partition coefficient (Wildman–Crippen LogP) is 3.35. The van der Waals surface area contributed by atoms with Crippen molar-refractivity contribution >= 4 is 35.3 Å². The van der Waals surface area contributed by atoms with Crippen molar-refractivity contribution in [2.45, 2.75) is 20.8 Å². The third-order valence-corrected chi connectivity index (χ3v) is 6.02. The van der Waals surface area contributed by atoms with E-state index in [0.717, 1.165) is 22.5 Å². The number of imidazole rings is 1. The molecule has 29 heavy (non-hydrogen) atoms. The van der Waals surface area contributed by atoms with Crippen LogP contribution in [0.25, 0.3) is 22.9 Å². The smallest absolute Gasteiger partial charge is 0.371 e. The molecule has 0 atom stereocenters. The minimum atomic E-state index is 0.123. The lowest BCUT2D eigenvalue weighted by atomic mass is 9.50. The van der Waals surface area contributed by atoms with Crippen molar-refractivity contribution in [2.75, 3.05) is 11.9 Å². The summed E-state index contributed by atoms with van der Waals surface area (Å²) >= 11 is 0. The first-order valence-corrected chi connectivity index (χ1v) is 9.90. The molecular formula is C23H24BN4O+. The van der Waals surface area contributed by atoms with E-state index in [1.54, 1.807) is 0 Å². The maximum atomic E-state index is 6.08. The minimum Gasteiger partial charge on any atom is -0.436 e. The lowest BCUT2D eigenvalue weighted by molar-refractivity contribution is -0.601. The molecule has 0 saturated heterocycles. The Hall–Kier alpha value is -3.28. The van der Waals surface area contributed by atoms with E-state index in [4.69, 9.17) is 4.42 Å². The normalized spacial score (nSPS) is 13.8. The molecule has 1 aliphatic heterocycles. The number of rotatable bonds is 2. The van der Waals surface area contributed by atoms with Crippen molar-refractivity contribution in [2.24, 2.45) is 7.05 Å². The summed E-state index contributed by atoms with van der Waals surface area (Å²) < 4.78 is 10.6. The van der Waals surface area contributed by atoms with Gasteiger partial charge in [0.1, 0.15) is 17.5 Å². The highest BCUT2D eigenvalue weighted by molar-refractivity contribution is 6.83. The Morgan fingerprint density at radius 1 is 1.00 bits per heavy atom. The van der Waals surface area contributed by atoms with E-state index in [1.807, 2.05) is 19.1 Å². The van der Waals surface area contributed by atoms with Crippen LogP contribution in [0.5, 0.6) is 0 Å². The Morgan fingerprint density at radius 3 is 2.52 bits per heavy atom. The molecule has 3 aromatic heterocycles. The summed E-state index contributed by atoms with van der Waals surface area (Å²) in [7, 11) is 4.28. The first kappa shape index (κ1) is 17.8. The van der Waals surface area contributed by atoms with Gasteiger partial charge in [0, 0.05) is 12.6 Å². The topological polar surface area (TPSA) is 38.1 Å². The van der Waals surface area contributed by atoms with Crippen molar-refractivity contribution in [1.29, 1.82) is 0 Å². The molecule has 5 rings (SSSR count). The molecule has 0 spiro atoms. The zero-order valence-electron chi connectivity index (χ0n) is 17.5. The van der Waals surface area contributed by atoms with Crippen LogP contribution in [-0.4, -0.2) is 23.4 Å². The van der Waals surface area contributed by atoms with Crippen LogP contribution in [-0.2, 0) is 7.05 Å². The summed E-state index contributed by atoms with van der Waals surface area (Å²) in [6.07, 6.45) is 4.41. The summed E-state index contributed by atoms with van der Waals surface area (Å²) in [5.74, 6) is 2.07. The summed E-state index contributed by atoms with van der Waals surface area (Å²) in [5.41, 5.74) is 6.42. The monoisotopic (exact) mass is 383 g/mol. The molecule has 0 amide bonds. The van der Waals surface area contributed by atoms with Gasteiger partial charge in [0.05, 0.1) is 18.1 Å². The van der Waals surface area contributed by atoms with Crippen LogP contribution in [0.1, 0.15) is 24.2 Å². The molecule has 0 unspecified atom stereocenters. The zero-order valence-corrected chi connectivity index (χ0v) is 17.5. The molecule has 0 radical (unpaired) electrons. The third kappa shape index (κ3) is 2.63. The number of fused-ring (bicyclic) bond motifs is 3. The largest absolute Gasteiger partial charge is 0.436 e. The second-order valence-corrected chi connectivity index (χ2v) is 7.89. The maximum Gasteiger partial charge on any atom is 0.371 e. The van der Waals surface area contributed by atoms with Gasteiger partial charge in [-0.15, -0.1) is 0 Å². The molecule has 0 N–H and O–H groups in total. The second kappa shape index (κ2) is 6.37. The fourth-order valence-electron chi connectivity index (χ4n) is 4.45. The lowest BCUT2D eigenvalue weighted by Crippen LogP contribution is -2.52. The Kier molecular flexibility index (Phi) is 3.91. The zero-order chi connectivity index (χ0) is 20.3. The average Bonchev–Trinajstić information content (AvgIpc) is 3.20. The van der Waals surface area contributed by atoms with Gasteiger partial charge in [-0.1, -0.05) is 23.7 Å². The Bertz CT molecular complexity index is 1270. The molecule has 6 heteroatoms. The Morgan fingerprint density at radius 2 is 1.76 bits per heavy atom. The SMILES string of the molecule is CC1=Cc2oc3nc(C)ccc3c2N(C)B1c1c[n+](-c2ccccc2)c(C)n1C. The lowest BCUT2D eigenvalue weighted by Gasteiger charge is -2.29. The van der Waals surface area contributed by atoms with Gasteiger partial charge >= 0.3 is 6.85 Å². The van der Waals surface area contributed by atoms with Gasteiger partial charge in [-0.05, 0) is 51.2 Å². The van der Waals surface area contributed by atoms with Crippen molar-refractivity contribution in [3.63, 3.8) is 0 Å². The van der Waals surface area contributed by atoms with Gasteiger partial charge in [0.25, 0.3) is 5.82 Å². The maximum absolute atomic E-state index is 6.08. The van der Waals surface area contributed by atoms with Crippen molar-refractivity contribution in [3.05, 3.63) is 71.4 Å². The van der Waals surface area contributed by atoms with E-state index in [0.29, 0.717) is 5.71 Å². The molecule has 1 aliphatic rings. The first-order valence-electron chi connectivity index (χ1n) is 9.90. The quantitative estimate of drug-likeness (QED) is 0.394. The highest BCUT2D eigenvalue weighted by Gasteiger charge is 2.39. The highest BCUT2D eigenvalue weighted by atomic mass is 16.3. The molecule has 0 fully saturated rings. The Balaban J connectivity index is 1.66. The van der Waals surface area contributed by atoms with Crippen LogP contribution in [0.2, 0.25) is 0 Å². The molecule has 4 heterocycles. The van der Waals surface area contributed by atoms with Crippen LogP contribution >= 0.6 is 0 Å². The van der Waals surface area contributed by atoms with E-state index < -0.39 is 0 Å². The van der Waals surface area contributed by atoms with E-state index >= 15 is 0 Å². The van der Waals surface area contributed by atoms with Crippen molar-refractivity contribution in [1.82, 2.24) is 9.55 Å². The number of furan rings is 1. The fourth-order valence-corrected chi connectivity index (χ4v) is 4.45. The van der Waals surface area contributed by atoms with E-state index in [1.165, 1.54) is 22.6 Å². The van der Waals surface area contributed by atoms with Crippen LogP contribution in [0.4, 0.5) is 5.69 Å². The number of para-hydroxylation sites is 1. The van der Waals surface area contributed by atoms with E-state index in [2.05, 4.69) is 89.5 Å². The van der Waals surface area contributed by atoms with Gasteiger partial charge in [0.15, 0.2) is 5.76 Å². The molecule has 5 nitrogen and oxygen atoms in total. The van der Waals surface area contributed by atoms with E-state index in [-0.39, 0.29) is 6.85 Å². The van der Waals surface area contributed by atoms with Crippen LogP contribution in [0, 0.1) is 13.8 Å². The number of allylic oxidation sites excluding steroid dienone is 1. The predicted molar refractivity (Wildman–Crippen MR) is 118 cm³/mol. The first-order chi connectivity index (χ1) is 14.0. The number of anilines is 1. The number of nitrogens with zero attached hydrogens (tertiary/aromatic N) is 4. The van der Waals surface area contributed by atoms with E-state index in [9.17, 15) is 0 Å². The van der Waals surface area contributed by atoms with Crippen LogP contribution in [0.15, 0.2) is 58.6 Å².